The van der Waals surface area contributed by atoms with Gasteiger partial charge in [-0.3, -0.25) is 4.79 Å². The Hall–Kier alpha value is -1.95. The topological polar surface area (TPSA) is 49.3 Å². The van der Waals surface area contributed by atoms with Crippen LogP contribution in [-0.4, -0.2) is 46.3 Å². The van der Waals surface area contributed by atoms with Gasteiger partial charge in [0.15, 0.2) is 0 Å². The number of carbonyl (C=O) groups excluding carboxylic acids is 1. The molecule has 1 amide bonds. The predicted octanol–water partition coefficient (Wildman–Crippen LogP) is 4.53. The molecule has 1 aromatic heterocycles. The summed E-state index contributed by atoms with van der Waals surface area (Å²) >= 11 is 1.48. The van der Waals surface area contributed by atoms with Gasteiger partial charge in [0.1, 0.15) is 5.82 Å². The fraction of sp³-hybridized carbons (Fsp3) is 0.591. The molecule has 1 aromatic carbocycles. The molecule has 2 heterocycles. The van der Waals surface area contributed by atoms with E-state index in [2.05, 4.69) is 28.3 Å². The van der Waals surface area contributed by atoms with E-state index in [-0.39, 0.29) is 0 Å². The van der Waals surface area contributed by atoms with E-state index in [0.29, 0.717) is 12.3 Å². The smallest absolute Gasteiger partial charge is 0.222 e. The molecule has 28 heavy (non-hydrogen) atoms. The number of anilines is 1. The molecule has 152 valence electrons. The van der Waals surface area contributed by atoms with Crippen molar-refractivity contribution in [2.75, 3.05) is 31.1 Å². The van der Waals surface area contributed by atoms with Crippen LogP contribution in [0.4, 0.5) is 5.13 Å². The van der Waals surface area contributed by atoms with Crippen LogP contribution in [0.2, 0.25) is 0 Å². The molecular formula is C22H32N4OS. The first-order valence-electron chi connectivity index (χ1n) is 10.7. The monoisotopic (exact) mass is 400 g/mol. The molecule has 0 aliphatic carbocycles. The molecule has 0 N–H and O–H groups in total. The van der Waals surface area contributed by atoms with Crippen molar-refractivity contribution in [3.63, 3.8) is 0 Å². The summed E-state index contributed by atoms with van der Waals surface area (Å²) in [4.78, 5) is 21.6. The van der Waals surface area contributed by atoms with Crippen LogP contribution in [0, 0.1) is 0 Å². The molecule has 0 radical (unpaired) electrons. The summed E-state index contributed by atoms with van der Waals surface area (Å²) in [5, 5.41) is 0.986. The summed E-state index contributed by atoms with van der Waals surface area (Å²) < 4.78 is 4.54. The van der Waals surface area contributed by atoms with E-state index in [1.165, 1.54) is 42.8 Å². The van der Waals surface area contributed by atoms with Gasteiger partial charge in [0.2, 0.25) is 11.0 Å². The second-order valence-corrected chi connectivity index (χ2v) is 8.27. The van der Waals surface area contributed by atoms with Crippen molar-refractivity contribution in [3.8, 4) is 0 Å². The van der Waals surface area contributed by atoms with Crippen molar-refractivity contribution in [1.82, 2.24) is 14.3 Å². The van der Waals surface area contributed by atoms with Crippen LogP contribution < -0.4 is 4.90 Å². The zero-order valence-electron chi connectivity index (χ0n) is 17.0. The van der Waals surface area contributed by atoms with Crippen molar-refractivity contribution in [2.24, 2.45) is 0 Å². The summed E-state index contributed by atoms with van der Waals surface area (Å²) in [6.45, 7) is 5.67. The minimum Gasteiger partial charge on any atom is -0.345 e. The largest absolute Gasteiger partial charge is 0.345 e. The quantitative estimate of drug-likeness (QED) is 0.580. The number of rotatable bonds is 9. The van der Waals surface area contributed by atoms with Crippen LogP contribution in [0.3, 0.4) is 0 Å². The lowest BCUT2D eigenvalue weighted by Crippen LogP contribution is -2.35. The van der Waals surface area contributed by atoms with Gasteiger partial charge in [0.05, 0.1) is 0 Å². The lowest BCUT2D eigenvalue weighted by molar-refractivity contribution is -0.131. The number of hydrogen-bond donors (Lipinski definition) is 0. The number of aromatic nitrogens is 2. The maximum absolute atomic E-state index is 12.5. The van der Waals surface area contributed by atoms with E-state index in [4.69, 9.17) is 4.98 Å². The third-order valence-corrected chi connectivity index (χ3v) is 6.09. The average molecular weight is 401 g/mol. The normalized spacial score (nSPS) is 14.9. The standard InChI is InChI=1S/C22H32N4OS/c1-2-3-4-5-9-13-21(27)25-14-10-15-26(17-16-25)22-23-20(24-28-22)18-19-11-7-6-8-12-19/h6-8,11-12H,2-5,9-10,13-18H2,1H3. The molecule has 5 nitrogen and oxygen atoms in total. The lowest BCUT2D eigenvalue weighted by Gasteiger charge is -2.21. The van der Waals surface area contributed by atoms with Crippen LogP contribution in [0.15, 0.2) is 30.3 Å². The average Bonchev–Trinajstić information content (AvgIpc) is 3.03. The van der Waals surface area contributed by atoms with Crippen LogP contribution >= 0.6 is 11.5 Å². The molecule has 1 saturated heterocycles. The molecule has 2 aromatic rings. The second-order valence-electron chi connectivity index (χ2n) is 7.54. The van der Waals surface area contributed by atoms with Crippen molar-refractivity contribution in [2.45, 2.75) is 58.3 Å². The van der Waals surface area contributed by atoms with Crippen LogP contribution in [0.5, 0.6) is 0 Å². The molecule has 6 heteroatoms. The Labute approximate surface area is 172 Å². The maximum Gasteiger partial charge on any atom is 0.222 e. The summed E-state index contributed by atoms with van der Waals surface area (Å²) in [6.07, 6.45) is 8.44. The summed E-state index contributed by atoms with van der Waals surface area (Å²) in [7, 11) is 0. The minimum absolute atomic E-state index is 0.320. The van der Waals surface area contributed by atoms with Gasteiger partial charge < -0.3 is 9.80 Å². The van der Waals surface area contributed by atoms with E-state index in [9.17, 15) is 4.79 Å². The number of carbonyl (C=O) groups is 1. The fourth-order valence-corrected chi connectivity index (χ4v) is 4.36. The van der Waals surface area contributed by atoms with Gasteiger partial charge >= 0.3 is 0 Å². The molecule has 0 atom stereocenters. The highest BCUT2D eigenvalue weighted by Crippen LogP contribution is 2.21. The van der Waals surface area contributed by atoms with Crippen molar-refractivity contribution in [1.29, 1.82) is 0 Å². The Bertz CT molecular complexity index is 718. The number of nitrogens with zero attached hydrogens (tertiary/aromatic N) is 4. The molecular weight excluding hydrogens is 368 g/mol. The van der Waals surface area contributed by atoms with E-state index < -0.39 is 0 Å². The highest BCUT2D eigenvalue weighted by molar-refractivity contribution is 7.09. The molecule has 0 spiro atoms. The Morgan fingerprint density at radius 2 is 1.86 bits per heavy atom. The van der Waals surface area contributed by atoms with E-state index in [0.717, 1.165) is 56.4 Å². The minimum atomic E-state index is 0.320. The number of hydrogen-bond acceptors (Lipinski definition) is 5. The van der Waals surface area contributed by atoms with E-state index in [1.807, 2.05) is 23.1 Å². The molecule has 1 fully saturated rings. The molecule has 0 saturated carbocycles. The van der Waals surface area contributed by atoms with Gasteiger partial charge in [-0.2, -0.15) is 4.37 Å². The Balaban J connectivity index is 1.46. The van der Waals surface area contributed by atoms with Crippen LogP contribution in [-0.2, 0) is 11.2 Å². The van der Waals surface area contributed by atoms with Gasteiger partial charge in [-0.05, 0) is 18.4 Å². The highest BCUT2D eigenvalue weighted by Gasteiger charge is 2.21. The van der Waals surface area contributed by atoms with Crippen LogP contribution in [0.1, 0.15) is 63.3 Å². The van der Waals surface area contributed by atoms with Crippen molar-refractivity contribution in [3.05, 3.63) is 41.7 Å². The maximum atomic E-state index is 12.5. The highest BCUT2D eigenvalue weighted by atomic mass is 32.1. The zero-order valence-corrected chi connectivity index (χ0v) is 17.8. The van der Waals surface area contributed by atoms with Gasteiger partial charge in [0, 0.05) is 50.6 Å². The first-order chi connectivity index (χ1) is 13.8. The predicted molar refractivity (Wildman–Crippen MR) is 116 cm³/mol. The number of unbranched alkanes of at least 4 members (excludes halogenated alkanes) is 4. The Kier molecular flexibility index (Phi) is 8.27. The van der Waals surface area contributed by atoms with Gasteiger partial charge in [-0.25, -0.2) is 4.98 Å². The van der Waals surface area contributed by atoms with E-state index in [1.54, 1.807) is 0 Å². The number of benzene rings is 1. The van der Waals surface area contributed by atoms with Gasteiger partial charge in [-0.1, -0.05) is 62.9 Å². The van der Waals surface area contributed by atoms with Crippen molar-refractivity contribution < 1.29 is 4.79 Å². The lowest BCUT2D eigenvalue weighted by atomic mass is 10.1. The molecule has 1 aliphatic rings. The molecule has 0 bridgehead atoms. The third-order valence-electron chi connectivity index (χ3n) is 5.28. The molecule has 0 unspecified atom stereocenters. The third kappa shape index (κ3) is 6.30. The van der Waals surface area contributed by atoms with Gasteiger partial charge in [-0.15, -0.1) is 0 Å². The summed E-state index contributed by atoms with van der Waals surface area (Å²) in [6, 6.07) is 10.3. The summed E-state index contributed by atoms with van der Waals surface area (Å²) in [5.74, 6) is 1.20. The van der Waals surface area contributed by atoms with Gasteiger partial charge in [0.25, 0.3) is 0 Å². The summed E-state index contributed by atoms with van der Waals surface area (Å²) in [5.41, 5.74) is 1.23. The first kappa shape index (κ1) is 20.8. The SMILES string of the molecule is CCCCCCCC(=O)N1CCCN(c2nc(Cc3ccccc3)ns2)CC1. The Morgan fingerprint density at radius 1 is 1.04 bits per heavy atom. The van der Waals surface area contributed by atoms with Crippen LogP contribution in [0.25, 0.3) is 0 Å². The zero-order chi connectivity index (χ0) is 19.6. The Morgan fingerprint density at radius 3 is 2.68 bits per heavy atom. The fourth-order valence-electron chi connectivity index (χ4n) is 3.62. The first-order valence-corrected chi connectivity index (χ1v) is 11.4. The molecule has 3 rings (SSSR count). The second kappa shape index (κ2) is 11.1. The number of amides is 1. The molecule has 1 aliphatic heterocycles. The van der Waals surface area contributed by atoms with E-state index >= 15 is 0 Å². The van der Waals surface area contributed by atoms with Crippen molar-refractivity contribution >= 4 is 22.6 Å².